The average molecular weight is 626 g/mol. The Bertz CT molecular complexity index is 1310. The number of nitrogens with one attached hydrogen (secondary N) is 3. The van der Waals surface area contributed by atoms with Crippen molar-refractivity contribution in [2.45, 2.75) is 77.9 Å². The number of amides is 3. The smallest absolute Gasteiger partial charge is 0.408 e. The van der Waals surface area contributed by atoms with Gasteiger partial charge in [-0.3, -0.25) is 19.2 Å². The number of esters is 2. The molecule has 0 aromatic heterocycles. The summed E-state index contributed by atoms with van der Waals surface area (Å²) in [5, 5.41) is 7.42. The van der Waals surface area contributed by atoms with E-state index < -0.39 is 66.1 Å². The maximum Gasteiger partial charge on any atom is 0.408 e. The highest BCUT2D eigenvalue weighted by atomic mass is 16.6. The maximum absolute atomic E-state index is 13.6. The molecule has 1 unspecified atom stereocenters. The van der Waals surface area contributed by atoms with Crippen molar-refractivity contribution in [3.63, 3.8) is 0 Å². The van der Waals surface area contributed by atoms with Gasteiger partial charge < -0.3 is 34.9 Å². The molecule has 0 aliphatic rings. The molecule has 0 radical (unpaired) electrons. The van der Waals surface area contributed by atoms with Gasteiger partial charge in [0.2, 0.25) is 11.8 Å². The molecule has 0 saturated carbocycles. The predicted octanol–water partition coefficient (Wildman–Crippen LogP) is 3.89. The zero-order valence-corrected chi connectivity index (χ0v) is 26.6. The van der Waals surface area contributed by atoms with E-state index in [1.807, 2.05) is 26.8 Å². The van der Waals surface area contributed by atoms with Gasteiger partial charge in [0, 0.05) is 0 Å². The minimum atomic E-state index is -1.47. The molecule has 2 aromatic carbocycles. The summed E-state index contributed by atoms with van der Waals surface area (Å²) in [6, 6.07) is 12.5. The van der Waals surface area contributed by atoms with Crippen molar-refractivity contribution in [2.24, 2.45) is 0 Å². The first kappa shape index (κ1) is 36.3. The van der Waals surface area contributed by atoms with Crippen molar-refractivity contribution in [2.75, 3.05) is 13.2 Å². The van der Waals surface area contributed by atoms with Crippen LogP contribution in [0.15, 0.2) is 67.3 Å². The van der Waals surface area contributed by atoms with Crippen LogP contribution in [0, 0.1) is 0 Å². The molecule has 244 valence electrons. The van der Waals surface area contributed by atoms with Crippen molar-refractivity contribution >= 4 is 29.8 Å². The molecule has 45 heavy (non-hydrogen) atoms. The Morgan fingerprint density at radius 2 is 1.44 bits per heavy atom. The molecular formula is C33H43N3O9. The lowest BCUT2D eigenvalue weighted by Gasteiger charge is -2.25. The fourth-order valence-corrected chi connectivity index (χ4v) is 3.76. The fraction of sp³-hybridized carbons (Fsp3) is 0.424. The zero-order valence-electron chi connectivity index (χ0n) is 26.6. The van der Waals surface area contributed by atoms with E-state index in [9.17, 15) is 24.0 Å². The molecule has 2 rings (SSSR count). The van der Waals surface area contributed by atoms with Gasteiger partial charge in [0.25, 0.3) is 0 Å². The maximum atomic E-state index is 13.6. The lowest BCUT2D eigenvalue weighted by atomic mass is 10.0. The highest BCUT2D eigenvalue weighted by molar-refractivity contribution is 5.94. The standard InChI is InChI=1S/C33H43N3O9/c1-8-18-42-27(38)20-34-30(40)28(23-14-16-24(17-15-23)44-32(2,3)4)36-29(39)25(19-26(37)45-33(5,6)7)35-31(41)43-21-22-12-10-9-11-13-22/h8-17,25,28H,1,18-21H2,2-7H3,(H,34,40)(H,35,41)(H,36,39)/t25-,28?/m0/s1. The summed E-state index contributed by atoms with van der Waals surface area (Å²) in [6.45, 7) is 13.5. The van der Waals surface area contributed by atoms with Gasteiger partial charge in [0.1, 0.15) is 48.8 Å². The number of benzene rings is 2. The largest absolute Gasteiger partial charge is 0.488 e. The molecule has 0 spiro atoms. The van der Waals surface area contributed by atoms with Crippen LogP contribution < -0.4 is 20.7 Å². The van der Waals surface area contributed by atoms with Gasteiger partial charge in [-0.1, -0.05) is 55.1 Å². The first-order valence-corrected chi connectivity index (χ1v) is 14.4. The second-order valence-electron chi connectivity index (χ2n) is 12.0. The summed E-state index contributed by atoms with van der Waals surface area (Å²) >= 11 is 0. The Balaban J connectivity index is 2.30. The third-order valence-electron chi connectivity index (χ3n) is 5.57. The van der Waals surface area contributed by atoms with Crippen molar-refractivity contribution in [1.29, 1.82) is 0 Å². The topological polar surface area (TPSA) is 158 Å². The minimum absolute atomic E-state index is 0.0392. The first-order chi connectivity index (χ1) is 21.1. The van der Waals surface area contributed by atoms with E-state index in [0.29, 0.717) is 16.9 Å². The van der Waals surface area contributed by atoms with Gasteiger partial charge in [0.15, 0.2) is 0 Å². The average Bonchev–Trinajstić information content (AvgIpc) is 2.95. The van der Waals surface area contributed by atoms with Crippen LogP contribution in [0.25, 0.3) is 0 Å². The van der Waals surface area contributed by atoms with E-state index in [2.05, 4.69) is 22.5 Å². The second kappa shape index (κ2) is 16.8. The van der Waals surface area contributed by atoms with E-state index >= 15 is 0 Å². The molecular weight excluding hydrogens is 582 g/mol. The Hall–Kier alpha value is -4.87. The molecule has 0 aliphatic heterocycles. The molecule has 0 saturated heterocycles. The number of hydrogen-bond acceptors (Lipinski definition) is 9. The van der Waals surface area contributed by atoms with Gasteiger partial charge in [-0.05, 0) is 64.8 Å². The van der Waals surface area contributed by atoms with Crippen LogP contribution in [-0.2, 0) is 40.0 Å². The highest BCUT2D eigenvalue weighted by Gasteiger charge is 2.32. The van der Waals surface area contributed by atoms with E-state index in [0.717, 1.165) is 0 Å². The van der Waals surface area contributed by atoms with Gasteiger partial charge in [-0.25, -0.2) is 4.79 Å². The van der Waals surface area contributed by atoms with Crippen LogP contribution in [0.4, 0.5) is 4.79 Å². The van der Waals surface area contributed by atoms with Crippen molar-refractivity contribution in [3.05, 3.63) is 78.4 Å². The number of hydrogen-bond donors (Lipinski definition) is 3. The molecule has 12 nitrogen and oxygen atoms in total. The van der Waals surface area contributed by atoms with Crippen LogP contribution in [0.1, 0.15) is 65.1 Å². The Kier molecular flexibility index (Phi) is 13.6. The predicted molar refractivity (Wildman–Crippen MR) is 166 cm³/mol. The van der Waals surface area contributed by atoms with Crippen LogP contribution in [0.2, 0.25) is 0 Å². The molecule has 12 heteroatoms. The normalized spacial score (nSPS) is 12.5. The summed E-state index contributed by atoms with van der Waals surface area (Å²) in [4.78, 5) is 64.2. The molecule has 2 aromatic rings. The van der Waals surface area contributed by atoms with Crippen molar-refractivity contribution in [3.8, 4) is 5.75 Å². The quantitative estimate of drug-likeness (QED) is 0.161. The lowest BCUT2D eigenvalue weighted by Crippen LogP contribution is -2.51. The monoisotopic (exact) mass is 625 g/mol. The SMILES string of the molecule is C=CCOC(=O)CNC(=O)C(NC(=O)[C@H](CC(=O)OC(C)(C)C)NC(=O)OCc1ccccc1)c1ccc(OC(C)(C)C)cc1. The van der Waals surface area contributed by atoms with Crippen molar-refractivity contribution < 1.29 is 42.9 Å². The number of carbonyl (C=O) groups is 5. The van der Waals surface area contributed by atoms with Gasteiger partial charge in [0.05, 0.1) is 6.42 Å². The van der Waals surface area contributed by atoms with Gasteiger partial charge in [-0.15, -0.1) is 0 Å². The number of ether oxygens (including phenoxy) is 4. The number of rotatable bonds is 14. The molecule has 0 aliphatic carbocycles. The Labute approximate surface area is 263 Å². The van der Waals surface area contributed by atoms with E-state index in [4.69, 9.17) is 18.9 Å². The first-order valence-electron chi connectivity index (χ1n) is 14.4. The van der Waals surface area contributed by atoms with E-state index in [1.54, 1.807) is 69.3 Å². The summed E-state index contributed by atoms with van der Waals surface area (Å²) < 4.78 is 21.3. The molecule has 3 N–H and O–H groups in total. The molecule has 3 amide bonds. The lowest BCUT2D eigenvalue weighted by molar-refractivity contribution is -0.156. The van der Waals surface area contributed by atoms with Crippen LogP contribution in [0.5, 0.6) is 5.75 Å². The van der Waals surface area contributed by atoms with E-state index in [-0.39, 0.29) is 13.2 Å². The number of alkyl carbamates (subject to hydrolysis) is 1. The van der Waals surface area contributed by atoms with Gasteiger partial charge >= 0.3 is 18.0 Å². The van der Waals surface area contributed by atoms with E-state index in [1.165, 1.54) is 6.08 Å². The Morgan fingerprint density at radius 3 is 2.02 bits per heavy atom. The minimum Gasteiger partial charge on any atom is -0.488 e. The van der Waals surface area contributed by atoms with Gasteiger partial charge in [-0.2, -0.15) is 0 Å². The van der Waals surface area contributed by atoms with Crippen LogP contribution >= 0.6 is 0 Å². The van der Waals surface area contributed by atoms with Crippen LogP contribution in [-0.4, -0.2) is 60.2 Å². The molecule has 2 atom stereocenters. The summed E-state index contributed by atoms with van der Waals surface area (Å²) in [5.41, 5.74) is -0.286. The summed E-state index contributed by atoms with van der Waals surface area (Å²) in [6.07, 6.45) is -0.131. The molecule has 0 heterocycles. The second-order valence-corrected chi connectivity index (χ2v) is 12.0. The third-order valence-corrected chi connectivity index (χ3v) is 5.57. The summed E-state index contributed by atoms with van der Waals surface area (Å²) in [7, 11) is 0. The Morgan fingerprint density at radius 1 is 0.800 bits per heavy atom. The van der Waals surface area contributed by atoms with Crippen molar-refractivity contribution in [1.82, 2.24) is 16.0 Å². The summed E-state index contributed by atoms with van der Waals surface area (Å²) in [5.74, 6) is -2.57. The highest BCUT2D eigenvalue weighted by Crippen LogP contribution is 2.22. The fourth-order valence-electron chi connectivity index (χ4n) is 3.76. The number of carbonyl (C=O) groups excluding carboxylic acids is 5. The van der Waals surface area contributed by atoms with Crippen LogP contribution in [0.3, 0.4) is 0 Å². The zero-order chi connectivity index (χ0) is 33.6. The third kappa shape index (κ3) is 14.4. The molecule has 0 bridgehead atoms. The molecule has 0 fully saturated rings.